The van der Waals surface area contributed by atoms with E-state index in [1.165, 1.54) is 59.6 Å². The van der Waals surface area contributed by atoms with E-state index in [4.69, 9.17) is 10.8 Å². The Kier molecular flexibility index (Phi) is 5.12. The van der Waals surface area contributed by atoms with Gasteiger partial charge in [0.15, 0.2) is 0 Å². The largest absolute Gasteiger partial charge is 0.300 e. The summed E-state index contributed by atoms with van der Waals surface area (Å²) in [5, 5.41) is 22.9. The Bertz CT molecular complexity index is 1960. The number of rotatable bonds is 4. The Hall–Kier alpha value is -4.30. The molecule has 0 aliphatic heterocycles. The molecule has 0 aromatic heterocycles. The lowest BCUT2D eigenvalue weighted by atomic mass is 9.43. The van der Waals surface area contributed by atoms with Gasteiger partial charge in [-0.05, 0) is 123 Å². The van der Waals surface area contributed by atoms with Crippen molar-refractivity contribution in [3.63, 3.8) is 0 Å². The van der Waals surface area contributed by atoms with E-state index < -0.39 is 0 Å². The number of hydrogen-bond donors (Lipinski definition) is 2. The lowest BCUT2D eigenvalue weighted by Gasteiger charge is -2.61. The fourth-order valence-electron chi connectivity index (χ4n) is 9.95. The van der Waals surface area contributed by atoms with E-state index in [1.807, 2.05) is 30.3 Å². The minimum Gasteiger partial charge on any atom is -0.300 e. The fourth-order valence-corrected chi connectivity index (χ4v) is 9.95. The highest BCUT2D eigenvalue weighted by Crippen LogP contribution is 2.70. The van der Waals surface area contributed by atoms with Gasteiger partial charge in [0, 0.05) is 11.0 Å². The second kappa shape index (κ2) is 8.85. The Morgan fingerprint density at radius 3 is 1.98 bits per heavy atom. The molecular weight excluding hydrogens is 508 g/mol. The van der Waals surface area contributed by atoms with Crippen molar-refractivity contribution in [2.24, 2.45) is 23.7 Å². The van der Waals surface area contributed by atoms with Crippen molar-refractivity contribution in [1.29, 1.82) is 10.8 Å². The third kappa shape index (κ3) is 3.27. The van der Waals surface area contributed by atoms with E-state index in [-0.39, 0.29) is 5.41 Å². The minimum atomic E-state index is 0.0502. The maximum atomic E-state index is 9.12. The van der Waals surface area contributed by atoms with Crippen LogP contribution in [0.1, 0.15) is 54.4 Å². The molecule has 42 heavy (non-hydrogen) atoms. The highest BCUT2D eigenvalue weighted by atomic mass is 14.6. The van der Waals surface area contributed by atoms with Crippen LogP contribution < -0.4 is 0 Å². The monoisotopic (exact) mass is 542 g/mol. The number of nitrogens with one attached hydrogen (secondary N) is 2. The van der Waals surface area contributed by atoms with Crippen LogP contribution in [0.4, 0.5) is 0 Å². The van der Waals surface area contributed by atoms with E-state index in [0.717, 1.165) is 33.7 Å². The van der Waals surface area contributed by atoms with E-state index in [1.54, 1.807) is 11.6 Å². The van der Waals surface area contributed by atoms with Crippen molar-refractivity contribution in [2.45, 2.75) is 37.5 Å². The summed E-state index contributed by atoms with van der Waals surface area (Å²) < 4.78 is 0. The SMILES string of the molecule is N=C(/C=C\C(=N)c1cccc2ccccc12)c1ccc2c(c1)C1(c3c-2ccc2ccccc32)C2CC3CC(C2)CC1C3. The third-order valence-corrected chi connectivity index (χ3v) is 11.3. The lowest BCUT2D eigenvalue weighted by molar-refractivity contribution is -0.0393. The summed E-state index contributed by atoms with van der Waals surface area (Å²) in [5.74, 6) is 3.15. The van der Waals surface area contributed by atoms with Gasteiger partial charge >= 0.3 is 0 Å². The summed E-state index contributed by atoms with van der Waals surface area (Å²) in [6.07, 6.45) is 10.5. The van der Waals surface area contributed by atoms with Crippen LogP contribution in [0.25, 0.3) is 32.7 Å². The molecule has 4 saturated carbocycles. The minimum absolute atomic E-state index is 0.0502. The number of allylic oxidation sites excluding steroid dienone is 2. The van der Waals surface area contributed by atoms with Crippen molar-refractivity contribution < 1.29 is 0 Å². The van der Waals surface area contributed by atoms with E-state index in [2.05, 4.69) is 72.8 Å². The molecule has 5 aliphatic rings. The normalized spacial score (nSPS) is 26.8. The van der Waals surface area contributed by atoms with Gasteiger partial charge in [0.2, 0.25) is 0 Å². The first-order valence-electron chi connectivity index (χ1n) is 15.6. The molecule has 1 spiro atoms. The summed E-state index contributed by atoms with van der Waals surface area (Å²) in [7, 11) is 0. The van der Waals surface area contributed by atoms with Gasteiger partial charge in [-0.25, -0.2) is 0 Å². The van der Waals surface area contributed by atoms with Crippen LogP contribution in [-0.4, -0.2) is 11.4 Å². The van der Waals surface area contributed by atoms with Gasteiger partial charge in [-0.3, -0.25) is 0 Å². The Balaban J connectivity index is 1.15. The first-order valence-corrected chi connectivity index (χ1v) is 15.6. The average Bonchev–Trinajstić information content (AvgIpc) is 3.32. The molecule has 204 valence electrons. The molecule has 2 N–H and O–H groups in total. The molecule has 4 bridgehead atoms. The van der Waals surface area contributed by atoms with Crippen molar-refractivity contribution in [1.82, 2.24) is 0 Å². The number of benzene rings is 5. The van der Waals surface area contributed by atoms with Crippen LogP contribution >= 0.6 is 0 Å². The van der Waals surface area contributed by atoms with Crippen LogP contribution in [0.15, 0.2) is 109 Å². The van der Waals surface area contributed by atoms with Gasteiger partial charge in [0.1, 0.15) is 0 Å². The molecule has 5 aliphatic carbocycles. The molecule has 0 heterocycles. The van der Waals surface area contributed by atoms with Gasteiger partial charge in [-0.15, -0.1) is 0 Å². The molecule has 0 amide bonds. The van der Waals surface area contributed by atoms with Gasteiger partial charge in [-0.1, -0.05) is 91.0 Å². The van der Waals surface area contributed by atoms with Gasteiger partial charge in [0.25, 0.3) is 0 Å². The maximum absolute atomic E-state index is 9.12. The zero-order valence-electron chi connectivity index (χ0n) is 23.7. The van der Waals surface area contributed by atoms with Crippen LogP contribution in [0.2, 0.25) is 0 Å². The highest BCUT2D eigenvalue weighted by molar-refractivity contribution is 6.18. The molecule has 0 radical (unpaired) electrons. The van der Waals surface area contributed by atoms with Crippen molar-refractivity contribution in [3.05, 3.63) is 131 Å². The molecule has 2 nitrogen and oxygen atoms in total. The predicted octanol–water partition coefficient (Wildman–Crippen LogP) is 9.71. The van der Waals surface area contributed by atoms with E-state index in [9.17, 15) is 0 Å². The van der Waals surface area contributed by atoms with Crippen molar-refractivity contribution in [2.75, 3.05) is 0 Å². The second-order valence-electron chi connectivity index (χ2n) is 13.3. The van der Waals surface area contributed by atoms with Gasteiger partial charge in [0.05, 0.1) is 11.4 Å². The molecule has 10 rings (SSSR count). The van der Waals surface area contributed by atoms with Crippen LogP contribution in [0.3, 0.4) is 0 Å². The van der Waals surface area contributed by atoms with E-state index in [0.29, 0.717) is 23.3 Å². The van der Waals surface area contributed by atoms with Crippen LogP contribution in [-0.2, 0) is 5.41 Å². The van der Waals surface area contributed by atoms with Crippen LogP contribution in [0.5, 0.6) is 0 Å². The fraction of sp³-hybridized carbons (Fsp3) is 0.250. The second-order valence-corrected chi connectivity index (χ2v) is 13.3. The molecular formula is C40H34N2. The van der Waals surface area contributed by atoms with Crippen molar-refractivity contribution >= 4 is 33.0 Å². The Morgan fingerprint density at radius 1 is 0.595 bits per heavy atom. The lowest BCUT2D eigenvalue weighted by Crippen LogP contribution is -2.55. The van der Waals surface area contributed by atoms with E-state index >= 15 is 0 Å². The molecule has 2 heteroatoms. The Morgan fingerprint density at radius 2 is 1.21 bits per heavy atom. The zero-order chi connectivity index (χ0) is 28.0. The summed E-state index contributed by atoms with van der Waals surface area (Å²) >= 11 is 0. The quantitative estimate of drug-likeness (QED) is 0.212. The molecule has 5 aromatic rings. The summed E-state index contributed by atoms with van der Waals surface area (Å²) in [5.41, 5.74) is 8.69. The van der Waals surface area contributed by atoms with Crippen LogP contribution in [0, 0.1) is 34.5 Å². The maximum Gasteiger partial charge on any atom is 0.0619 e. The van der Waals surface area contributed by atoms with Crippen molar-refractivity contribution in [3.8, 4) is 11.1 Å². The number of hydrogen-bond acceptors (Lipinski definition) is 2. The number of fused-ring (bicyclic) bond motifs is 6. The first kappa shape index (κ1) is 24.3. The first-order chi connectivity index (χ1) is 20.6. The highest BCUT2D eigenvalue weighted by Gasteiger charge is 2.62. The molecule has 4 fully saturated rings. The summed E-state index contributed by atoms with van der Waals surface area (Å²) in [6.45, 7) is 0. The Labute approximate surface area is 247 Å². The summed E-state index contributed by atoms with van der Waals surface area (Å²) in [4.78, 5) is 0. The molecule has 5 aromatic carbocycles. The topological polar surface area (TPSA) is 47.7 Å². The summed E-state index contributed by atoms with van der Waals surface area (Å²) in [6, 6.07) is 34.9. The molecule has 0 atom stereocenters. The third-order valence-electron chi connectivity index (χ3n) is 11.3. The predicted molar refractivity (Wildman–Crippen MR) is 174 cm³/mol. The molecule has 0 unspecified atom stereocenters. The molecule has 0 saturated heterocycles. The van der Waals surface area contributed by atoms with Gasteiger partial charge in [-0.2, -0.15) is 0 Å². The van der Waals surface area contributed by atoms with Gasteiger partial charge < -0.3 is 10.8 Å². The average molecular weight is 543 g/mol. The zero-order valence-corrected chi connectivity index (χ0v) is 23.7. The standard InChI is InChI=1S/C40H34N2/c41-37(16-17-38(42)34-11-5-8-26-6-1-3-9-31(26)34)28-13-14-33-35-15-12-27-7-2-4-10-32(27)39(35)40(36(33)23-28)29-19-24-18-25(21-29)22-30(40)20-24/h1-17,23-25,29-30,41-42H,18-22H2/b17-16-,41-37?,42-38?. The smallest absolute Gasteiger partial charge is 0.0619 e.